The summed E-state index contributed by atoms with van der Waals surface area (Å²) in [5.41, 5.74) is 8.19. The first-order valence-electron chi connectivity index (χ1n) is 10.3. The molecule has 2 aliphatic rings. The number of likely N-dealkylation sites (tertiary alicyclic amines) is 1. The van der Waals surface area contributed by atoms with Crippen molar-refractivity contribution in [3.8, 4) is 0 Å². The number of aryl methyl sites for hydroxylation is 2. The number of pyridine rings is 2. The summed E-state index contributed by atoms with van der Waals surface area (Å²) >= 11 is 6.31. The van der Waals surface area contributed by atoms with Gasteiger partial charge in [0.15, 0.2) is 0 Å². The van der Waals surface area contributed by atoms with Crippen molar-refractivity contribution in [2.75, 3.05) is 13.1 Å². The van der Waals surface area contributed by atoms with Gasteiger partial charge in [-0.25, -0.2) is 0 Å². The van der Waals surface area contributed by atoms with Crippen molar-refractivity contribution in [1.29, 1.82) is 0 Å². The molecule has 0 unspecified atom stereocenters. The number of hydrogen-bond donors (Lipinski definition) is 0. The number of benzene rings is 1. The van der Waals surface area contributed by atoms with E-state index in [1.165, 1.54) is 27.8 Å². The number of aromatic nitrogens is 2. The highest BCUT2D eigenvalue weighted by Gasteiger charge is 2.26. The molecule has 150 valence electrons. The number of hydrogen-bond acceptors (Lipinski definition) is 3. The van der Waals surface area contributed by atoms with Crippen molar-refractivity contribution in [2.24, 2.45) is 0 Å². The van der Waals surface area contributed by atoms with Crippen LogP contribution in [0.25, 0.3) is 5.57 Å². The molecule has 5 rings (SSSR count). The van der Waals surface area contributed by atoms with E-state index in [0.717, 1.165) is 36.4 Å². The zero-order chi connectivity index (χ0) is 20.5. The molecule has 0 saturated carbocycles. The molecule has 0 N–H and O–H groups in total. The van der Waals surface area contributed by atoms with E-state index >= 15 is 0 Å². The topological polar surface area (TPSA) is 46.1 Å². The standard InChI is InChI=1S/C25H22ClN3O/c26-21-5-6-22-20(16-21)4-3-18-2-1-11-28-24(18)23(22)17-9-14-29(15-10-17)25(30)19-7-12-27-13-8-19/h1-2,5-8,11-13,16H,3-4,9-10,14-15H2. The van der Waals surface area contributed by atoms with Crippen LogP contribution in [0, 0.1) is 0 Å². The Kier molecular flexibility index (Phi) is 5.09. The molecule has 1 fully saturated rings. The maximum absolute atomic E-state index is 12.8. The van der Waals surface area contributed by atoms with Crippen LogP contribution in [-0.2, 0) is 12.8 Å². The van der Waals surface area contributed by atoms with Gasteiger partial charge < -0.3 is 4.90 Å². The van der Waals surface area contributed by atoms with Crippen LogP contribution < -0.4 is 0 Å². The molecule has 4 nitrogen and oxygen atoms in total. The van der Waals surface area contributed by atoms with E-state index in [1.807, 2.05) is 23.2 Å². The Balaban J connectivity index is 1.51. The third kappa shape index (κ3) is 3.52. The number of fused-ring (bicyclic) bond motifs is 2. The van der Waals surface area contributed by atoms with Gasteiger partial charge >= 0.3 is 0 Å². The number of halogens is 1. The van der Waals surface area contributed by atoms with Gasteiger partial charge in [-0.05, 0) is 72.7 Å². The summed E-state index contributed by atoms with van der Waals surface area (Å²) < 4.78 is 0. The largest absolute Gasteiger partial charge is 0.338 e. The number of piperidine rings is 1. The van der Waals surface area contributed by atoms with Gasteiger partial charge in [0.2, 0.25) is 0 Å². The predicted molar refractivity (Wildman–Crippen MR) is 118 cm³/mol. The van der Waals surface area contributed by atoms with Gasteiger partial charge in [-0.3, -0.25) is 14.8 Å². The van der Waals surface area contributed by atoms with Gasteiger partial charge in [0.1, 0.15) is 0 Å². The molecular formula is C25H22ClN3O. The zero-order valence-electron chi connectivity index (χ0n) is 16.6. The quantitative estimate of drug-likeness (QED) is 0.563. The normalized spacial score (nSPS) is 16.0. The minimum atomic E-state index is 0.0769. The minimum absolute atomic E-state index is 0.0769. The Morgan fingerprint density at radius 1 is 0.900 bits per heavy atom. The SMILES string of the molecule is O=C(c1ccncc1)N1CCC(=C2c3ccc(Cl)cc3CCc3cccnc32)CC1. The van der Waals surface area contributed by atoms with E-state index in [1.54, 1.807) is 24.5 Å². The molecule has 1 amide bonds. The first kappa shape index (κ1) is 19.0. The lowest BCUT2D eigenvalue weighted by Crippen LogP contribution is -2.36. The number of carbonyl (C=O) groups is 1. The summed E-state index contributed by atoms with van der Waals surface area (Å²) in [6, 6.07) is 13.9. The van der Waals surface area contributed by atoms with Gasteiger partial charge in [-0.1, -0.05) is 29.3 Å². The van der Waals surface area contributed by atoms with Crippen molar-refractivity contribution in [1.82, 2.24) is 14.9 Å². The molecule has 0 atom stereocenters. The summed E-state index contributed by atoms with van der Waals surface area (Å²) in [7, 11) is 0. The zero-order valence-corrected chi connectivity index (χ0v) is 17.4. The first-order valence-corrected chi connectivity index (χ1v) is 10.7. The number of amides is 1. The summed E-state index contributed by atoms with van der Waals surface area (Å²) in [5.74, 6) is 0.0769. The first-order chi connectivity index (χ1) is 14.7. The Hall–Kier alpha value is -2.98. The molecule has 1 aromatic carbocycles. The summed E-state index contributed by atoms with van der Waals surface area (Å²) in [4.78, 5) is 23.6. The lowest BCUT2D eigenvalue weighted by Gasteiger charge is -2.30. The summed E-state index contributed by atoms with van der Waals surface area (Å²) in [5, 5.41) is 0.773. The average Bonchev–Trinajstić information content (AvgIpc) is 2.96. The predicted octanol–water partition coefficient (Wildman–Crippen LogP) is 4.97. The Bertz CT molecular complexity index is 1130. The molecule has 1 saturated heterocycles. The van der Waals surface area contributed by atoms with Gasteiger partial charge in [-0.15, -0.1) is 0 Å². The van der Waals surface area contributed by atoms with Gasteiger partial charge in [0.05, 0.1) is 5.69 Å². The van der Waals surface area contributed by atoms with Crippen LogP contribution in [0.15, 0.2) is 66.6 Å². The molecule has 1 aliphatic heterocycles. The highest BCUT2D eigenvalue weighted by Crippen LogP contribution is 2.38. The molecule has 0 spiro atoms. The molecule has 3 heterocycles. The van der Waals surface area contributed by atoms with Crippen molar-refractivity contribution in [3.05, 3.63) is 99.6 Å². The highest BCUT2D eigenvalue weighted by atomic mass is 35.5. The van der Waals surface area contributed by atoms with E-state index < -0.39 is 0 Å². The number of nitrogens with zero attached hydrogens (tertiary/aromatic N) is 3. The molecule has 5 heteroatoms. The van der Waals surface area contributed by atoms with Crippen LogP contribution in [-0.4, -0.2) is 33.9 Å². The average molecular weight is 416 g/mol. The van der Waals surface area contributed by atoms with Crippen molar-refractivity contribution in [3.63, 3.8) is 0 Å². The molecule has 1 aliphatic carbocycles. The van der Waals surface area contributed by atoms with E-state index in [2.05, 4.69) is 23.2 Å². The summed E-state index contributed by atoms with van der Waals surface area (Å²) in [6.07, 6.45) is 8.83. The Labute approximate surface area is 181 Å². The fraction of sp³-hybridized carbons (Fsp3) is 0.240. The molecule has 0 bridgehead atoms. The maximum atomic E-state index is 12.8. The number of carbonyl (C=O) groups excluding carboxylic acids is 1. The van der Waals surface area contributed by atoms with Gasteiger partial charge in [-0.2, -0.15) is 0 Å². The van der Waals surface area contributed by atoms with Crippen LogP contribution in [0.4, 0.5) is 0 Å². The third-order valence-electron chi connectivity index (χ3n) is 6.06. The lowest BCUT2D eigenvalue weighted by molar-refractivity contribution is 0.0743. The molecule has 30 heavy (non-hydrogen) atoms. The second kappa shape index (κ2) is 8.04. The fourth-order valence-corrected chi connectivity index (χ4v) is 4.73. The summed E-state index contributed by atoms with van der Waals surface area (Å²) in [6.45, 7) is 1.43. The van der Waals surface area contributed by atoms with E-state index in [0.29, 0.717) is 18.7 Å². The third-order valence-corrected chi connectivity index (χ3v) is 6.30. The van der Waals surface area contributed by atoms with Crippen LogP contribution in [0.1, 0.15) is 45.6 Å². The monoisotopic (exact) mass is 415 g/mol. The van der Waals surface area contributed by atoms with Gasteiger partial charge in [0.25, 0.3) is 5.91 Å². The Morgan fingerprint density at radius 3 is 2.47 bits per heavy atom. The fourth-order valence-electron chi connectivity index (χ4n) is 4.54. The minimum Gasteiger partial charge on any atom is -0.338 e. The van der Waals surface area contributed by atoms with E-state index in [-0.39, 0.29) is 5.91 Å². The van der Waals surface area contributed by atoms with Crippen LogP contribution in [0.2, 0.25) is 5.02 Å². The molecule has 3 aromatic rings. The van der Waals surface area contributed by atoms with Crippen molar-refractivity contribution < 1.29 is 4.79 Å². The number of rotatable bonds is 1. The van der Waals surface area contributed by atoms with Crippen molar-refractivity contribution in [2.45, 2.75) is 25.7 Å². The van der Waals surface area contributed by atoms with Crippen LogP contribution in [0.3, 0.4) is 0 Å². The molecular weight excluding hydrogens is 394 g/mol. The second-order valence-corrected chi connectivity index (χ2v) is 8.26. The van der Waals surface area contributed by atoms with Crippen LogP contribution in [0.5, 0.6) is 0 Å². The van der Waals surface area contributed by atoms with Gasteiger partial charge in [0, 0.05) is 47.8 Å². The second-order valence-electron chi connectivity index (χ2n) is 7.82. The molecule has 2 aromatic heterocycles. The van der Waals surface area contributed by atoms with Crippen molar-refractivity contribution >= 4 is 23.1 Å². The molecule has 0 radical (unpaired) electrons. The van der Waals surface area contributed by atoms with E-state index in [9.17, 15) is 4.79 Å². The van der Waals surface area contributed by atoms with E-state index in [4.69, 9.17) is 16.6 Å². The van der Waals surface area contributed by atoms with Crippen LogP contribution >= 0.6 is 11.6 Å². The highest BCUT2D eigenvalue weighted by molar-refractivity contribution is 6.30. The lowest BCUT2D eigenvalue weighted by atomic mass is 9.88. The Morgan fingerprint density at radius 2 is 1.67 bits per heavy atom. The maximum Gasteiger partial charge on any atom is 0.253 e. The smallest absolute Gasteiger partial charge is 0.253 e.